The Morgan fingerprint density at radius 3 is 2.50 bits per heavy atom. The number of fused-ring (bicyclic) bond motifs is 1. The second-order valence-electron chi connectivity index (χ2n) is 7.23. The molecule has 1 amide bonds. The first-order chi connectivity index (χ1) is 15.2. The number of hydrogen-bond acceptors (Lipinski definition) is 5. The highest BCUT2D eigenvalue weighted by atomic mass is 79.9. The van der Waals surface area contributed by atoms with Crippen LogP contribution in [0.2, 0.25) is 5.02 Å². The molecule has 0 aliphatic heterocycles. The average Bonchev–Trinajstić information content (AvgIpc) is 3.06. The molecule has 0 radical (unpaired) electrons. The van der Waals surface area contributed by atoms with Crippen LogP contribution in [-0.4, -0.2) is 28.9 Å². The number of aryl methyl sites for hydroxylation is 2. The zero-order valence-corrected chi connectivity index (χ0v) is 20.3. The van der Waals surface area contributed by atoms with Crippen LogP contribution in [0.4, 0.5) is 0 Å². The highest BCUT2D eigenvalue weighted by molar-refractivity contribution is 9.10. The van der Waals surface area contributed by atoms with Crippen molar-refractivity contribution in [3.05, 3.63) is 86.7 Å². The molecule has 1 N–H and O–H groups in total. The number of pyridine rings is 1. The summed E-state index contributed by atoms with van der Waals surface area (Å²) in [7, 11) is -4.02. The van der Waals surface area contributed by atoms with Crippen LogP contribution < -0.4 is 4.72 Å². The molecule has 0 aliphatic rings. The molecule has 0 aliphatic carbocycles. The largest absolute Gasteiger partial charge is 0.308 e. The molecular weight excluding hydrogens is 516 g/mol. The molecule has 0 saturated heterocycles. The molecule has 164 valence electrons. The summed E-state index contributed by atoms with van der Waals surface area (Å²) in [6.07, 6.45) is 0. The number of carbonyl (C=O) groups is 1. The number of nitrogens with one attached hydrogen (secondary N) is 1. The minimum Gasteiger partial charge on any atom is -0.308 e. The maximum Gasteiger partial charge on any atom is 0.283 e. The van der Waals surface area contributed by atoms with Gasteiger partial charge in [0, 0.05) is 9.50 Å². The molecule has 0 atom stereocenters. The van der Waals surface area contributed by atoms with E-state index < -0.39 is 15.9 Å². The van der Waals surface area contributed by atoms with Crippen molar-refractivity contribution in [1.82, 2.24) is 19.3 Å². The molecule has 0 saturated carbocycles. The van der Waals surface area contributed by atoms with Gasteiger partial charge in [-0.2, -0.15) is 0 Å². The number of rotatable bonds is 5. The van der Waals surface area contributed by atoms with E-state index >= 15 is 0 Å². The summed E-state index contributed by atoms with van der Waals surface area (Å²) < 4.78 is 29.9. The van der Waals surface area contributed by atoms with Crippen molar-refractivity contribution in [2.24, 2.45) is 0 Å². The maximum absolute atomic E-state index is 12.8. The van der Waals surface area contributed by atoms with Gasteiger partial charge in [-0.3, -0.25) is 4.79 Å². The van der Waals surface area contributed by atoms with Crippen LogP contribution >= 0.6 is 27.5 Å². The van der Waals surface area contributed by atoms with Crippen molar-refractivity contribution in [3.63, 3.8) is 0 Å². The third kappa shape index (κ3) is 4.41. The zero-order chi connectivity index (χ0) is 23.0. The Labute approximate surface area is 198 Å². The Bertz CT molecular complexity index is 1450. The van der Waals surface area contributed by atoms with Crippen molar-refractivity contribution < 1.29 is 13.2 Å². The number of benzene rings is 2. The van der Waals surface area contributed by atoms with Gasteiger partial charge in [-0.1, -0.05) is 51.8 Å². The van der Waals surface area contributed by atoms with Crippen LogP contribution in [-0.2, 0) is 16.6 Å². The van der Waals surface area contributed by atoms with E-state index in [4.69, 9.17) is 11.6 Å². The zero-order valence-electron chi connectivity index (χ0n) is 17.1. The Hall–Kier alpha value is -2.75. The van der Waals surface area contributed by atoms with E-state index in [-0.39, 0.29) is 10.6 Å². The van der Waals surface area contributed by atoms with Gasteiger partial charge in [0.2, 0.25) is 0 Å². The fourth-order valence-electron chi connectivity index (χ4n) is 3.31. The van der Waals surface area contributed by atoms with Gasteiger partial charge < -0.3 is 4.57 Å². The fraction of sp³-hybridized carbons (Fsp3) is 0.136. The van der Waals surface area contributed by atoms with Crippen LogP contribution in [0.1, 0.15) is 27.4 Å². The number of carbonyl (C=O) groups excluding carboxylic acids is 1. The SMILES string of the molecule is Cc1cc(C(=O)NS(=O)(=O)c2ccccc2)nc2c1nc(C)n2Cc1ccc(Br)cc1Cl. The predicted molar refractivity (Wildman–Crippen MR) is 126 cm³/mol. The van der Waals surface area contributed by atoms with E-state index in [1.54, 1.807) is 31.2 Å². The number of aromatic nitrogens is 3. The molecule has 0 spiro atoms. The molecule has 4 aromatic rings. The maximum atomic E-state index is 12.8. The molecule has 0 unspecified atom stereocenters. The molecule has 32 heavy (non-hydrogen) atoms. The molecule has 7 nitrogen and oxygen atoms in total. The first-order valence-corrected chi connectivity index (χ1v) is 12.2. The van der Waals surface area contributed by atoms with Gasteiger partial charge in [-0.25, -0.2) is 23.1 Å². The molecule has 0 fully saturated rings. The van der Waals surface area contributed by atoms with E-state index in [0.717, 1.165) is 10.0 Å². The first-order valence-electron chi connectivity index (χ1n) is 9.56. The molecule has 4 rings (SSSR count). The van der Waals surface area contributed by atoms with Crippen LogP contribution in [0.5, 0.6) is 0 Å². The smallest absolute Gasteiger partial charge is 0.283 e. The standard InChI is InChI=1S/C22H18BrClN4O3S/c1-13-10-19(22(29)27-32(30,31)17-6-4-3-5-7-17)26-21-20(13)25-14(2)28(21)12-15-8-9-16(23)11-18(15)24/h3-11H,12H2,1-2H3,(H,27,29). The highest BCUT2D eigenvalue weighted by Crippen LogP contribution is 2.25. The van der Waals surface area contributed by atoms with E-state index in [9.17, 15) is 13.2 Å². The monoisotopic (exact) mass is 532 g/mol. The van der Waals surface area contributed by atoms with Crippen molar-refractivity contribution in [1.29, 1.82) is 0 Å². The summed E-state index contributed by atoms with van der Waals surface area (Å²) in [6.45, 7) is 4.04. The lowest BCUT2D eigenvalue weighted by molar-refractivity contribution is 0.0976. The van der Waals surface area contributed by atoms with E-state index in [1.165, 1.54) is 18.2 Å². The Balaban J connectivity index is 1.72. The summed E-state index contributed by atoms with van der Waals surface area (Å²) >= 11 is 9.77. The second kappa shape index (κ2) is 8.65. The molecular formula is C22H18BrClN4O3S. The van der Waals surface area contributed by atoms with Gasteiger partial charge in [0.25, 0.3) is 15.9 Å². The molecule has 0 bridgehead atoms. The van der Waals surface area contributed by atoms with Crippen LogP contribution in [0.3, 0.4) is 0 Å². The minimum atomic E-state index is -4.02. The number of sulfonamides is 1. The summed E-state index contributed by atoms with van der Waals surface area (Å²) in [5.74, 6) is -0.116. The van der Waals surface area contributed by atoms with Crippen molar-refractivity contribution in [2.75, 3.05) is 0 Å². The summed E-state index contributed by atoms with van der Waals surface area (Å²) in [5, 5.41) is 0.584. The molecule has 2 heterocycles. The Morgan fingerprint density at radius 1 is 1.09 bits per heavy atom. The lowest BCUT2D eigenvalue weighted by Gasteiger charge is -2.10. The average molecular weight is 534 g/mol. The van der Waals surface area contributed by atoms with E-state index in [1.807, 2.05) is 23.6 Å². The second-order valence-corrected chi connectivity index (χ2v) is 10.2. The first kappa shape index (κ1) is 22.4. The van der Waals surface area contributed by atoms with Gasteiger partial charge in [-0.05, 0) is 55.3 Å². The molecule has 10 heteroatoms. The van der Waals surface area contributed by atoms with Crippen LogP contribution in [0.25, 0.3) is 11.2 Å². The van der Waals surface area contributed by atoms with Crippen LogP contribution in [0.15, 0.2) is 64.0 Å². The van der Waals surface area contributed by atoms with Gasteiger partial charge in [-0.15, -0.1) is 0 Å². The third-order valence-electron chi connectivity index (χ3n) is 4.94. The number of imidazole rings is 1. The lowest BCUT2D eigenvalue weighted by atomic mass is 10.2. The van der Waals surface area contributed by atoms with Crippen LogP contribution in [0, 0.1) is 13.8 Å². The van der Waals surface area contributed by atoms with Crippen molar-refractivity contribution >= 4 is 54.6 Å². The summed E-state index contributed by atoms with van der Waals surface area (Å²) in [4.78, 5) is 21.8. The van der Waals surface area contributed by atoms with Gasteiger partial charge in [0.05, 0.1) is 11.4 Å². The summed E-state index contributed by atoms with van der Waals surface area (Å²) in [6, 6.07) is 14.8. The van der Waals surface area contributed by atoms with Gasteiger partial charge in [0.1, 0.15) is 17.0 Å². The Kier molecular flexibility index (Phi) is 6.07. The lowest BCUT2D eigenvalue weighted by Crippen LogP contribution is -2.31. The van der Waals surface area contributed by atoms with Gasteiger partial charge >= 0.3 is 0 Å². The van der Waals surface area contributed by atoms with Gasteiger partial charge in [0.15, 0.2) is 5.65 Å². The number of hydrogen-bond donors (Lipinski definition) is 1. The number of halogens is 2. The fourth-order valence-corrected chi connectivity index (χ4v) is 5.02. The minimum absolute atomic E-state index is 0.00286. The topological polar surface area (TPSA) is 93.9 Å². The predicted octanol–water partition coefficient (Wildman–Crippen LogP) is 4.63. The summed E-state index contributed by atoms with van der Waals surface area (Å²) in [5.41, 5.74) is 2.67. The van der Waals surface area contributed by atoms with E-state index in [0.29, 0.717) is 34.1 Å². The van der Waals surface area contributed by atoms with E-state index in [2.05, 4.69) is 30.6 Å². The number of amides is 1. The molecule has 2 aromatic heterocycles. The van der Waals surface area contributed by atoms with Crippen molar-refractivity contribution in [2.45, 2.75) is 25.3 Å². The third-order valence-corrected chi connectivity index (χ3v) is 7.13. The van der Waals surface area contributed by atoms with Crippen molar-refractivity contribution in [3.8, 4) is 0 Å². The highest BCUT2D eigenvalue weighted by Gasteiger charge is 2.22. The molecule has 2 aromatic carbocycles. The number of nitrogens with zero attached hydrogens (tertiary/aromatic N) is 3. The normalized spacial score (nSPS) is 11.6. The Morgan fingerprint density at radius 2 is 1.81 bits per heavy atom. The quantitative estimate of drug-likeness (QED) is 0.404.